The zero-order valence-corrected chi connectivity index (χ0v) is 13.8. The number of anilines is 1. The Morgan fingerprint density at radius 2 is 1.83 bits per heavy atom. The third-order valence-electron chi connectivity index (χ3n) is 5.50. The van der Waals surface area contributed by atoms with Gasteiger partial charge in [-0.15, -0.1) is 0 Å². The van der Waals surface area contributed by atoms with Crippen molar-refractivity contribution in [2.75, 3.05) is 31.6 Å². The van der Waals surface area contributed by atoms with Gasteiger partial charge in [-0.1, -0.05) is 0 Å². The normalized spacial score (nSPS) is 26.7. The SMILES string of the molecule is CN1CCC(N2CCC(N(c3ccncn3)C3CC3)CC2)C1=O. The average Bonchev–Trinajstić information content (AvgIpc) is 3.36. The van der Waals surface area contributed by atoms with Crippen LogP contribution in [0.4, 0.5) is 5.82 Å². The number of nitrogens with zero attached hydrogens (tertiary/aromatic N) is 5. The van der Waals surface area contributed by atoms with Crippen LogP contribution in [0, 0.1) is 0 Å². The van der Waals surface area contributed by atoms with Crippen LogP contribution in [-0.2, 0) is 4.79 Å². The highest BCUT2D eigenvalue weighted by atomic mass is 16.2. The predicted molar refractivity (Wildman–Crippen MR) is 88.2 cm³/mol. The molecule has 1 aliphatic carbocycles. The summed E-state index contributed by atoms with van der Waals surface area (Å²) in [5.74, 6) is 1.37. The smallest absolute Gasteiger partial charge is 0.239 e. The Bertz CT molecular complexity index is 553. The van der Waals surface area contributed by atoms with Gasteiger partial charge >= 0.3 is 0 Å². The van der Waals surface area contributed by atoms with Gasteiger partial charge in [0.1, 0.15) is 12.1 Å². The number of rotatable bonds is 4. The summed E-state index contributed by atoms with van der Waals surface area (Å²) in [6, 6.07) is 3.35. The maximum atomic E-state index is 12.2. The predicted octanol–water partition coefficient (Wildman–Crippen LogP) is 1.14. The molecule has 124 valence electrons. The topological polar surface area (TPSA) is 52.6 Å². The molecular formula is C17H25N5O. The molecule has 2 aliphatic heterocycles. The van der Waals surface area contributed by atoms with E-state index >= 15 is 0 Å². The highest BCUT2D eigenvalue weighted by molar-refractivity contribution is 5.83. The van der Waals surface area contributed by atoms with E-state index in [4.69, 9.17) is 0 Å². The Morgan fingerprint density at radius 1 is 1.09 bits per heavy atom. The standard InChI is InChI=1S/C17H25N5O/c1-20-9-7-15(17(20)23)21-10-5-14(6-11-21)22(13-2-3-13)16-4-8-18-12-19-16/h4,8,12-15H,2-3,5-7,9-11H2,1H3. The van der Waals surface area contributed by atoms with Crippen molar-refractivity contribution in [3.05, 3.63) is 18.6 Å². The van der Waals surface area contributed by atoms with Crippen LogP contribution >= 0.6 is 0 Å². The number of piperidine rings is 1. The molecule has 1 atom stereocenters. The molecule has 3 aliphatic rings. The van der Waals surface area contributed by atoms with Gasteiger partial charge in [-0.05, 0) is 38.2 Å². The van der Waals surface area contributed by atoms with Crippen molar-refractivity contribution in [2.45, 2.75) is 50.2 Å². The number of likely N-dealkylation sites (tertiary alicyclic amines) is 2. The molecule has 3 fully saturated rings. The van der Waals surface area contributed by atoms with Gasteiger partial charge in [0.25, 0.3) is 0 Å². The van der Waals surface area contributed by atoms with Crippen molar-refractivity contribution in [2.24, 2.45) is 0 Å². The zero-order valence-electron chi connectivity index (χ0n) is 13.8. The first-order valence-electron chi connectivity index (χ1n) is 8.77. The Labute approximate surface area is 137 Å². The van der Waals surface area contributed by atoms with Crippen molar-refractivity contribution in [1.82, 2.24) is 19.8 Å². The van der Waals surface area contributed by atoms with Crippen LogP contribution in [0.1, 0.15) is 32.1 Å². The molecule has 2 saturated heterocycles. The lowest BCUT2D eigenvalue weighted by atomic mass is 10.0. The fourth-order valence-corrected chi connectivity index (χ4v) is 4.08. The second kappa shape index (κ2) is 6.07. The quantitative estimate of drug-likeness (QED) is 0.834. The molecule has 1 amide bonds. The maximum Gasteiger partial charge on any atom is 0.239 e. The largest absolute Gasteiger partial charge is 0.350 e. The van der Waals surface area contributed by atoms with Gasteiger partial charge in [0.15, 0.2) is 0 Å². The summed E-state index contributed by atoms with van der Waals surface area (Å²) in [6.45, 7) is 2.94. The Morgan fingerprint density at radius 3 is 2.39 bits per heavy atom. The van der Waals surface area contributed by atoms with E-state index in [9.17, 15) is 4.79 Å². The van der Waals surface area contributed by atoms with Gasteiger partial charge in [0, 0.05) is 45.0 Å². The van der Waals surface area contributed by atoms with Crippen molar-refractivity contribution >= 4 is 11.7 Å². The summed E-state index contributed by atoms with van der Waals surface area (Å²) < 4.78 is 0. The van der Waals surface area contributed by atoms with Gasteiger partial charge in [0.2, 0.25) is 5.91 Å². The number of likely N-dealkylation sites (N-methyl/N-ethyl adjacent to an activating group) is 1. The molecule has 23 heavy (non-hydrogen) atoms. The molecule has 0 spiro atoms. The summed E-state index contributed by atoms with van der Waals surface area (Å²) in [6.07, 6.45) is 9.25. The molecule has 0 radical (unpaired) electrons. The van der Waals surface area contributed by atoms with Gasteiger partial charge in [0.05, 0.1) is 6.04 Å². The van der Waals surface area contributed by atoms with E-state index in [0.717, 1.165) is 44.7 Å². The van der Waals surface area contributed by atoms with Crippen LogP contribution in [0.15, 0.2) is 18.6 Å². The van der Waals surface area contributed by atoms with Gasteiger partial charge in [-0.2, -0.15) is 0 Å². The first kappa shape index (κ1) is 14.9. The van der Waals surface area contributed by atoms with E-state index < -0.39 is 0 Å². The minimum atomic E-state index is 0.120. The molecule has 4 rings (SSSR count). The van der Waals surface area contributed by atoms with Crippen LogP contribution < -0.4 is 4.90 Å². The van der Waals surface area contributed by atoms with Crippen molar-refractivity contribution in [1.29, 1.82) is 0 Å². The molecule has 0 bridgehead atoms. The van der Waals surface area contributed by atoms with Crippen LogP contribution in [0.25, 0.3) is 0 Å². The molecule has 0 aromatic carbocycles. The fraction of sp³-hybridized carbons (Fsp3) is 0.706. The lowest BCUT2D eigenvalue weighted by Gasteiger charge is -2.40. The summed E-state index contributed by atoms with van der Waals surface area (Å²) in [7, 11) is 1.92. The third kappa shape index (κ3) is 2.92. The summed E-state index contributed by atoms with van der Waals surface area (Å²) in [5.41, 5.74) is 0. The molecule has 1 aromatic rings. The Balaban J connectivity index is 1.41. The number of aromatic nitrogens is 2. The molecule has 1 saturated carbocycles. The first-order chi connectivity index (χ1) is 11.2. The highest BCUT2D eigenvalue weighted by Crippen LogP contribution is 2.35. The number of hydrogen-bond acceptors (Lipinski definition) is 5. The second-order valence-electron chi connectivity index (χ2n) is 7.04. The molecule has 6 nitrogen and oxygen atoms in total. The summed E-state index contributed by atoms with van der Waals surface area (Å²) in [4.78, 5) is 27.5. The van der Waals surface area contributed by atoms with Crippen LogP contribution in [0.2, 0.25) is 0 Å². The Hall–Kier alpha value is -1.69. The van der Waals surface area contributed by atoms with Crippen LogP contribution in [-0.4, -0.2) is 70.5 Å². The molecular weight excluding hydrogens is 290 g/mol. The lowest BCUT2D eigenvalue weighted by Crippen LogP contribution is -2.51. The number of hydrogen-bond donors (Lipinski definition) is 0. The van der Waals surface area contributed by atoms with Gasteiger partial charge < -0.3 is 9.80 Å². The van der Waals surface area contributed by atoms with E-state index in [1.807, 2.05) is 24.2 Å². The third-order valence-corrected chi connectivity index (χ3v) is 5.50. The first-order valence-corrected chi connectivity index (χ1v) is 8.77. The Kier molecular flexibility index (Phi) is 3.93. The average molecular weight is 315 g/mol. The molecule has 0 N–H and O–H groups in total. The molecule has 6 heteroatoms. The number of amides is 1. The van der Waals surface area contributed by atoms with Gasteiger partial charge in [-0.3, -0.25) is 9.69 Å². The molecule has 1 aromatic heterocycles. The summed E-state index contributed by atoms with van der Waals surface area (Å²) >= 11 is 0. The second-order valence-corrected chi connectivity index (χ2v) is 7.04. The maximum absolute atomic E-state index is 12.2. The van der Waals surface area contributed by atoms with E-state index in [1.165, 1.54) is 12.8 Å². The molecule has 1 unspecified atom stereocenters. The summed E-state index contributed by atoms with van der Waals surface area (Å²) in [5, 5.41) is 0. The van der Waals surface area contributed by atoms with E-state index in [1.54, 1.807) is 6.33 Å². The van der Waals surface area contributed by atoms with E-state index in [0.29, 0.717) is 18.0 Å². The van der Waals surface area contributed by atoms with Gasteiger partial charge in [-0.25, -0.2) is 9.97 Å². The number of carbonyl (C=O) groups is 1. The minimum Gasteiger partial charge on any atom is -0.350 e. The fourth-order valence-electron chi connectivity index (χ4n) is 4.08. The zero-order chi connectivity index (χ0) is 15.8. The van der Waals surface area contributed by atoms with Crippen LogP contribution in [0.3, 0.4) is 0 Å². The van der Waals surface area contributed by atoms with Crippen molar-refractivity contribution in [3.63, 3.8) is 0 Å². The number of carbonyl (C=O) groups excluding carboxylic acids is 1. The van der Waals surface area contributed by atoms with Crippen molar-refractivity contribution < 1.29 is 4.79 Å². The molecule has 3 heterocycles. The van der Waals surface area contributed by atoms with Crippen LogP contribution in [0.5, 0.6) is 0 Å². The minimum absolute atomic E-state index is 0.120. The van der Waals surface area contributed by atoms with E-state index in [2.05, 4.69) is 19.8 Å². The monoisotopic (exact) mass is 315 g/mol. The highest BCUT2D eigenvalue weighted by Gasteiger charge is 2.39. The van der Waals surface area contributed by atoms with E-state index in [-0.39, 0.29) is 6.04 Å². The van der Waals surface area contributed by atoms with Crippen molar-refractivity contribution in [3.8, 4) is 0 Å². The lowest BCUT2D eigenvalue weighted by molar-refractivity contribution is -0.131.